The van der Waals surface area contributed by atoms with E-state index in [-0.39, 0.29) is 11.8 Å². The van der Waals surface area contributed by atoms with Crippen LogP contribution in [-0.2, 0) is 0 Å². The van der Waals surface area contributed by atoms with Gasteiger partial charge in [0.05, 0.1) is 24.3 Å². The summed E-state index contributed by atoms with van der Waals surface area (Å²) in [7, 11) is 0. The first-order valence-electron chi connectivity index (χ1n) is 22.1. The summed E-state index contributed by atoms with van der Waals surface area (Å²) < 4.78 is 22.8. The Morgan fingerprint density at radius 2 is 0.754 bits per heavy atom. The molecule has 0 radical (unpaired) electrons. The fourth-order valence-electron chi connectivity index (χ4n) is 6.87. The van der Waals surface area contributed by atoms with Gasteiger partial charge in [0.25, 0.3) is 11.8 Å². The summed E-state index contributed by atoms with van der Waals surface area (Å²) in [4.78, 5) is 56.5. The summed E-state index contributed by atoms with van der Waals surface area (Å²) in [6.45, 7) is 7.52. The van der Waals surface area contributed by atoms with E-state index < -0.39 is 11.9 Å². The van der Waals surface area contributed by atoms with Crippen molar-refractivity contribution in [3.63, 3.8) is 0 Å². The molecule has 326 valence electrons. The predicted molar refractivity (Wildman–Crippen MR) is 243 cm³/mol. The molecule has 1 aliphatic heterocycles. The number of ether oxygens (including phenoxy) is 4. The molecule has 11 heteroatoms. The number of carbonyl (C=O) groups excluding carboxylic acids is 4. The van der Waals surface area contributed by atoms with Crippen molar-refractivity contribution in [2.75, 3.05) is 50.9 Å². The second-order valence-electron chi connectivity index (χ2n) is 15.3. The lowest BCUT2D eigenvalue weighted by atomic mass is 10.1. The molecule has 0 bridgehead atoms. The van der Waals surface area contributed by atoms with Crippen LogP contribution < -0.4 is 18.9 Å². The molecule has 61 heavy (non-hydrogen) atoms. The van der Waals surface area contributed by atoms with Gasteiger partial charge in [0.2, 0.25) is 0 Å². The monoisotopic (exact) mass is 850 g/mol. The van der Waals surface area contributed by atoms with Gasteiger partial charge in [-0.15, -0.1) is 0 Å². The van der Waals surface area contributed by atoms with Crippen LogP contribution in [0.25, 0.3) is 0 Å². The molecule has 10 nitrogen and oxygen atoms in total. The SMILES string of the molecule is CCCCCCCCOc1ccc(C(=O)Oc2ccc(C(=O)N3CCSCCN(C(=O)c4ccc(OC(=O)c5ccc(OCCCCCCCC)cc5)cc4)CC3)cc2)cc1. The lowest BCUT2D eigenvalue weighted by Gasteiger charge is -2.26. The molecule has 5 rings (SSSR count). The van der Waals surface area contributed by atoms with Crippen molar-refractivity contribution in [2.24, 2.45) is 0 Å². The van der Waals surface area contributed by atoms with Crippen molar-refractivity contribution in [2.45, 2.75) is 90.9 Å². The van der Waals surface area contributed by atoms with E-state index in [0.29, 0.717) is 73.1 Å². The average molecular weight is 851 g/mol. The van der Waals surface area contributed by atoms with Gasteiger partial charge in [0, 0.05) is 48.8 Å². The second-order valence-corrected chi connectivity index (χ2v) is 16.5. The number of rotatable bonds is 22. The van der Waals surface area contributed by atoms with Gasteiger partial charge in [-0.05, 0) is 110 Å². The first-order chi connectivity index (χ1) is 29.8. The van der Waals surface area contributed by atoms with E-state index in [2.05, 4.69) is 13.8 Å². The smallest absolute Gasteiger partial charge is 0.343 e. The molecule has 0 saturated carbocycles. The number of unbranched alkanes of at least 4 members (excludes halogenated alkanes) is 10. The third kappa shape index (κ3) is 15.9. The summed E-state index contributed by atoms with van der Waals surface area (Å²) in [6.07, 6.45) is 14.3. The highest BCUT2D eigenvalue weighted by Crippen LogP contribution is 2.21. The van der Waals surface area contributed by atoms with Crippen LogP contribution in [-0.4, -0.2) is 84.5 Å². The van der Waals surface area contributed by atoms with E-state index in [1.807, 2.05) is 0 Å². The van der Waals surface area contributed by atoms with Gasteiger partial charge < -0.3 is 28.7 Å². The fraction of sp³-hybridized carbons (Fsp3) is 0.440. The minimum absolute atomic E-state index is 0.161. The van der Waals surface area contributed by atoms with Crippen LogP contribution in [0.1, 0.15) is 132 Å². The van der Waals surface area contributed by atoms with E-state index >= 15 is 0 Å². The summed E-state index contributed by atoms with van der Waals surface area (Å²) in [5.41, 5.74) is 1.74. The number of hydrogen-bond donors (Lipinski definition) is 0. The first-order valence-corrected chi connectivity index (χ1v) is 23.3. The van der Waals surface area contributed by atoms with Crippen molar-refractivity contribution in [3.8, 4) is 23.0 Å². The maximum atomic E-state index is 13.6. The van der Waals surface area contributed by atoms with Gasteiger partial charge in [0.15, 0.2) is 0 Å². The molecule has 1 saturated heterocycles. The van der Waals surface area contributed by atoms with Crippen molar-refractivity contribution < 1.29 is 38.1 Å². The minimum atomic E-state index is -0.496. The van der Waals surface area contributed by atoms with E-state index in [0.717, 1.165) is 48.7 Å². The highest BCUT2D eigenvalue weighted by Gasteiger charge is 2.23. The van der Waals surface area contributed by atoms with Crippen LogP contribution in [0.3, 0.4) is 0 Å². The maximum Gasteiger partial charge on any atom is 0.343 e. The van der Waals surface area contributed by atoms with Gasteiger partial charge in [-0.3, -0.25) is 9.59 Å². The molecular weight excluding hydrogens is 789 g/mol. The van der Waals surface area contributed by atoms with Crippen LogP contribution in [0.5, 0.6) is 23.0 Å². The Labute approximate surface area is 366 Å². The zero-order valence-electron chi connectivity index (χ0n) is 35.9. The standard InChI is InChI=1S/C50H62N2O8S/c1-3-5-7-9-11-13-35-57-43-23-19-41(20-24-43)49(55)59-45-27-15-39(16-28-45)47(53)51-31-32-52(34-38-61-37-33-51)48(54)40-17-29-46(30-18-40)60-50(56)42-21-25-44(26-22-42)58-36-14-12-10-8-6-4-2/h15-30H,3-14,31-38H2,1-2H3. The van der Waals surface area contributed by atoms with E-state index in [4.69, 9.17) is 18.9 Å². The van der Waals surface area contributed by atoms with Crippen molar-refractivity contribution in [3.05, 3.63) is 119 Å². The van der Waals surface area contributed by atoms with E-state index in [1.165, 1.54) is 51.4 Å². The fourth-order valence-corrected chi connectivity index (χ4v) is 7.77. The molecule has 0 atom stereocenters. The molecule has 0 aliphatic carbocycles. The number of amides is 2. The Kier molecular flexibility index (Phi) is 20.0. The van der Waals surface area contributed by atoms with Crippen LogP contribution in [0.2, 0.25) is 0 Å². The quantitative estimate of drug-likeness (QED) is 0.0433. The molecule has 0 aromatic heterocycles. The molecule has 1 aliphatic rings. The second kappa shape index (κ2) is 26.1. The van der Waals surface area contributed by atoms with Gasteiger partial charge in [-0.2, -0.15) is 11.8 Å². The number of carbonyl (C=O) groups is 4. The van der Waals surface area contributed by atoms with Gasteiger partial charge in [0.1, 0.15) is 23.0 Å². The van der Waals surface area contributed by atoms with Gasteiger partial charge in [-0.25, -0.2) is 9.59 Å². The molecule has 0 unspecified atom stereocenters. The zero-order valence-corrected chi connectivity index (χ0v) is 36.8. The highest BCUT2D eigenvalue weighted by molar-refractivity contribution is 7.99. The molecular formula is C50H62N2O8S. The molecule has 4 aromatic rings. The topological polar surface area (TPSA) is 112 Å². The van der Waals surface area contributed by atoms with Crippen LogP contribution in [0.4, 0.5) is 0 Å². The molecule has 4 aromatic carbocycles. The number of hydrogen-bond acceptors (Lipinski definition) is 9. The predicted octanol–water partition coefficient (Wildman–Crippen LogP) is 10.9. The van der Waals surface area contributed by atoms with E-state index in [1.54, 1.807) is 119 Å². The average Bonchev–Trinajstić information content (AvgIpc) is 3.41. The third-order valence-corrected chi connectivity index (χ3v) is 11.5. The Balaban J connectivity index is 1.06. The van der Waals surface area contributed by atoms with Gasteiger partial charge >= 0.3 is 11.9 Å². The summed E-state index contributed by atoms with van der Waals surface area (Å²) in [5.74, 6) is 2.26. The normalized spacial score (nSPS) is 13.1. The lowest BCUT2D eigenvalue weighted by molar-refractivity contribution is 0.0679. The summed E-state index contributed by atoms with van der Waals surface area (Å²) in [5, 5.41) is 0. The van der Waals surface area contributed by atoms with Crippen molar-refractivity contribution in [1.82, 2.24) is 9.80 Å². The highest BCUT2D eigenvalue weighted by atomic mass is 32.2. The number of benzene rings is 4. The number of nitrogens with zero attached hydrogens (tertiary/aromatic N) is 2. The molecule has 2 amide bonds. The van der Waals surface area contributed by atoms with Crippen molar-refractivity contribution in [1.29, 1.82) is 0 Å². The number of esters is 2. The molecule has 0 N–H and O–H groups in total. The Hall–Kier alpha value is -5.29. The van der Waals surface area contributed by atoms with Crippen molar-refractivity contribution >= 4 is 35.5 Å². The Bertz CT molecular complexity index is 1790. The van der Waals surface area contributed by atoms with Crippen LogP contribution in [0, 0.1) is 0 Å². The third-order valence-electron chi connectivity index (χ3n) is 10.6. The van der Waals surface area contributed by atoms with Crippen LogP contribution in [0.15, 0.2) is 97.1 Å². The molecule has 1 fully saturated rings. The summed E-state index contributed by atoms with van der Waals surface area (Å²) >= 11 is 1.69. The summed E-state index contributed by atoms with van der Waals surface area (Å²) in [6, 6.07) is 27.0. The Morgan fingerprint density at radius 3 is 1.13 bits per heavy atom. The number of thioether (sulfide) groups is 1. The molecule has 1 heterocycles. The zero-order chi connectivity index (χ0) is 43.1. The van der Waals surface area contributed by atoms with Crippen LogP contribution >= 0.6 is 11.8 Å². The maximum absolute atomic E-state index is 13.6. The van der Waals surface area contributed by atoms with Gasteiger partial charge in [-0.1, -0.05) is 78.1 Å². The minimum Gasteiger partial charge on any atom is -0.494 e. The Morgan fingerprint density at radius 1 is 0.426 bits per heavy atom. The van der Waals surface area contributed by atoms with E-state index in [9.17, 15) is 19.2 Å². The lowest BCUT2D eigenvalue weighted by Crippen LogP contribution is -2.41. The molecule has 0 spiro atoms. The largest absolute Gasteiger partial charge is 0.494 e. The first kappa shape index (κ1) is 46.8.